The number of carbonyl (C=O) groups is 3. The zero-order chi connectivity index (χ0) is 29.4. The standard InChI is InChI=1S/C24H33ClN4O3.C2HF3O2/c1-3-5-21(6-4-2)29(13-9-23(26)30)24(31)18-15-19(25)17-22(16-18)32-14-12-28-20-7-10-27-11-8-20;3-2(4,5)1(6)7/h7-8,10-11,15-17,21H,3-6,9,12-14H2,1-2H3,(H2,26,30)(H,27,28);(H,6,7). The van der Waals surface area contributed by atoms with E-state index in [2.05, 4.69) is 24.1 Å². The van der Waals surface area contributed by atoms with Gasteiger partial charge in [-0.05, 0) is 43.2 Å². The topological polar surface area (TPSA) is 135 Å². The van der Waals surface area contributed by atoms with Crippen molar-refractivity contribution < 1.29 is 37.4 Å². The number of aliphatic carboxylic acids is 1. The van der Waals surface area contributed by atoms with E-state index in [0.717, 1.165) is 31.4 Å². The average Bonchev–Trinajstić information content (AvgIpc) is 2.87. The third-order valence-corrected chi connectivity index (χ3v) is 5.50. The number of pyridine rings is 1. The van der Waals surface area contributed by atoms with Crippen LogP contribution in [0.15, 0.2) is 42.7 Å². The summed E-state index contributed by atoms with van der Waals surface area (Å²) in [6, 6.07) is 8.82. The molecule has 0 aliphatic rings. The maximum absolute atomic E-state index is 13.4. The molecule has 1 aromatic heterocycles. The average molecular weight is 575 g/mol. The Bertz CT molecular complexity index is 1050. The first kappa shape index (κ1) is 33.5. The number of nitrogens with zero attached hydrogens (tertiary/aromatic N) is 2. The molecular formula is C26H34ClF3N4O5. The number of alkyl halides is 3. The molecular weight excluding hydrogens is 541 g/mol. The monoisotopic (exact) mass is 574 g/mol. The molecule has 216 valence electrons. The maximum atomic E-state index is 13.4. The minimum Gasteiger partial charge on any atom is -0.492 e. The largest absolute Gasteiger partial charge is 0.492 e. The number of amides is 2. The van der Waals surface area contributed by atoms with Gasteiger partial charge in [0.2, 0.25) is 5.91 Å². The van der Waals surface area contributed by atoms with E-state index in [0.29, 0.717) is 29.5 Å². The molecule has 4 N–H and O–H groups in total. The van der Waals surface area contributed by atoms with Gasteiger partial charge in [-0.15, -0.1) is 0 Å². The molecule has 0 fully saturated rings. The number of anilines is 1. The molecule has 9 nitrogen and oxygen atoms in total. The van der Waals surface area contributed by atoms with E-state index in [4.69, 9.17) is 32.0 Å². The summed E-state index contributed by atoms with van der Waals surface area (Å²) in [6.07, 6.45) is 2.09. The maximum Gasteiger partial charge on any atom is 0.490 e. The minimum absolute atomic E-state index is 0.0461. The highest BCUT2D eigenvalue weighted by Gasteiger charge is 2.38. The summed E-state index contributed by atoms with van der Waals surface area (Å²) >= 11 is 6.29. The van der Waals surface area contributed by atoms with Crippen LogP contribution in [-0.2, 0) is 9.59 Å². The number of hydrogen-bond acceptors (Lipinski definition) is 6. The summed E-state index contributed by atoms with van der Waals surface area (Å²) in [4.78, 5) is 39.4. The smallest absolute Gasteiger partial charge is 0.490 e. The quantitative estimate of drug-likeness (QED) is 0.266. The molecule has 1 heterocycles. The van der Waals surface area contributed by atoms with Crippen LogP contribution in [0, 0.1) is 0 Å². The highest BCUT2D eigenvalue weighted by Crippen LogP contribution is 2.24. The fraction of sp³-hybridized carbons (Fsp3) is 0.462. The van der Waals surface area contributed by atoms with Crippen molar-refractivity contribution in [2.24, 2.45) is 5.73 Å². The number of carbonyl (C=O) groups excluding carboxylic acids is 2. The van der Waals surface area contributed by atoms with Crippen LogP contribution in [0.3, 0.4) is 0 Å². The van der Waals surface area contributed by atoms with Crippen LogP contribution in [0.5, 0.6) is 5.75 Å². The number of ether oxygens (including phenoxy) is 1. The lowest BCUT2D eigenvalue weighted by atomic mass is 10.0. The van der Waals surface area contributed by atoms with Crippen molar-refractivity contribution in [2.75, 3.05) is 25.0 Å². The normalized spacial score (nSPS) is 10.8. The lowest BCUT2D eigenvalue weighted by molar-refractivity contribution is -0.192. The van der Waals surface area contributed by atoms with E-state index in [1.165, 1.54) is 0 Å². The highest BCUT2D eigenvalue weighted by atomic mass is 35.5. The molecule has 13 heteroatoms. The SMILES string of the molecule is CCCC(CCC)N(CCC(N)=O)C(=O)c1cc(Cl)cc(OCCNc2ccncc2)c1.O=C(O)C(F)(F)F. The number of primary amides is 1. The molecule has 0 aliphatic heterocycles. The van der Waals surface area contributed by atoms with Gasteiger partial charge in [-0.25, -0.2) is 4.79 Å². The number of carboxylic acids is 1. The third kappa shape index (κ3) is 13.2. The van der Waals surface area contributed by atoms with Gasteiger partial charge >= 0.3 is 12.1 Å². The Morgan fingerprint density at radius 1 is 1.13 bits per heavy atom. The summed E-state index contributed by atoms with van der Waals surface area (Å²) in [6.45, 7) is 5.45. The van der Waals surface area contributed by atoms with Crippen molar-refractivity contribution in [1.29, 1.82) is 0 Å². The highest BCUT2D eigenvalue weighted by molar-refractivity contribution is 6.31. The van der Waals surface area contributed by atoms with Gasteiger partial charge in [-0.1, -0.05) is 38.3 Å². The molecule has 1 aromatic carbocycles. The fourth-order valence-corrected chi connectivity index (χ4v) is 3.80. The number of aromatic nitrogens is 1. The number of nitrogens with two attached hydrogens (primary N) is 1. The Morgan fingerprint density at radius 2 is 1.72 bits per heavy atom. The van der Waals surface area contributed by atoms with Crippen LogP contribution < -0.4 is 15.8 Å². The summed E-state index contributed by atoms with van der Waals surface area (Å²) in [5, 5.41) is 10.8. The summed E-state index contributed by atoms with van der Waals surface area (Å²) < 4.78 is 37.6. The van der Waals surface area contributed by atoms with Crippen molar-refractivity contribution >= 4 is 35.1 Å². The van der Waals surface area contributed by atoms with E-state index in [-0.39, 0.29) is 24.9 Å². The molecule has 0 saturated heterocycles. The molecule has 0 unspecified atom stereocenters. The van der Waals surface area contributed by atoms with Crippen LogP contribution in [0.25, 0.3) is 0 Å². The predicted octanol–water partition coefficient (Wildman–Crippen LogP) is 5.15. The predicted molar refractivity (Wildman–Crippen MR) is 142 cm³/mol. The van der Waals surface area contributed by atoms with Crippen LogP contribution in [0.2, 0.25) is 5.02 Å². The molecule has 39 heavy (non-hydrogen) atoms. The fourth-order valence-electron chi connectivity index (χ4n) is 3.57. The van der Waals surface area contributed by atoms with E-state index in [9.17, 15) is 22.8 Å². The van der Waals surface area contributed by atoms with Gasteiger partial charge in [0.25, 0.3) is 5.91 Å². The number of rotatable bonds is 14. The van der Waals surface area contributed by atoms with Gasteiger partial charge in [0.05, 0.1) is 0 Å². The molecule has 0 atom stereocenters. The molecule has 2 amide bonds. The Hall–Kier alpha value is -3.54. The van der Waals surface area contributed by atoms with E-state index in [1.54, 1.807) is 35.5 Å². The second kappa shape index (κ2) is 17.1. The van der Waals surface area contributed by atoms with Crippen LogP contribution in [-0.4, -0.2) is 64.7 Å². The first-order valence-electron chi connectivity index (χ1n) is 12.4. The summed E-state index contributed by atoms with van der Waals surface area (Å²) in [5.41, 5.74) is 6.75. The van der Waals surface area contributed by atoms with Crippen LogP contribution in [0.4, 0.5) is 18.9 Å². The zero-order valence-electron chi connectivity index (χ0n) is 21.8. The third-order valence-electron chi connectivity index (χ3n) is 5.29. The summed E-state index contributed by atoms with van der Waals surface area (Å²) in [5.74, 6) is -2.82. The van der Waals surface area contributed by atoms with Crippen molar-refractivity contribution in [3.63, 3.8) is 0 Å². The van der Waals surface area contributed by atoms with Gasteiger partial charge in [0.1, 0.15) is 12.4 Å². The zero-order valence-corrected chi connectivity index (χ0v) is 22.6. The van der Waals surface area contributed by atoms with E-state index < -0.39 is 18.1 Å². The number of halogens is 4. The van der Waals surface area contributed by atoms with Crippen LogP contribution in [0.1, 0.15) is 56.3 Å². The van der Waals surface area contributed by atoms with Crippen molar-refractivity contribution in [3.05, 3.63) is 53.3 Å². The molecule has 0 saturated carbocycles. The van der Waals surface area contributed by atoms with Crippen molar-refractivity contribution in [1.82, 2.24) is 9.88 Å². The van der Waals surface area contributed by atoms with E-state index in [1.807, 2.05) is 12.1 Å². The second-order valence-corrected chi connectivity index (χ2v) is 8.87. The molecule has 2 rings (SSSR count). The van der Waals surface area contributed by atoms with Gasteiger partial charge in [-0.2, -0.15) is 13.2 Å². The van der Waals surface area contributed by atoms with Gasteiger partial charge in [-0.3, -0.25) is 14.6 Å². The molecule has 0 bridgehead atoms. The second-order valence-electron chi connectivity index (χ2n) is 8.44. The van der Waals surface area contributed by atoms with E-state index >= 15 is 0 Å². The van der Waals surface area contributed by atoms with Gasteiger partial charge in [0, 0.05) is 54.2 Å². The lowest BCUT2D eigenvalue weighted by Gasteiger charge is -2.32. The van der Waals surface area contributed by atoms with Crippen molar-refractivity contribution in [2.45, 2.75) is 58.2 Å². The lowest BCUT2D eigenvalue weighted by Crippen LogP contribution is -2.42. The van der Waals surface area contributed by atoms with Gasteiger partial charge < -0.3 is 25.8 Å². The first-order valence-corrected chi connectivity index (χ1v) is 12.7. The van der Waals surface area contributed by atoms with Gasteiger partial charge in [0.15, 0.2) is 0 Å². The minimum atomic E-state index is -5.08. The summed E-state index contributed by atoms with van der Waals surface area (Å²) in [7, 11) is 0. The molecule has 0 aliphatic carbocycles. The molecule has 2 aromatic rings. The number of hydrogen-bond donors (Lipinski definition) is 3. The Labute approximate surface area is 230 Å². The molecule has 0 radical (unpaired) electrons. The number of benzene rings is 1. The Kier molecular flexibility index (Phi) is 14.7. The Balaban J connectivity index is 0.000000956. The van der Waals surface area contributed by atoms with Crippen molar-refractivity contribution in [3.8, 4) is 5.75 Å². The Morgan fingerprint density at radius 3 is 2.23 bits per heavy atom. The number of nitrogens with one attached hydrogen (secondary N) is 1. The molecule has 0 spiro atoms. The van der Waals surface area contributed by atoms with Crippen LogP contribution >= 0.6 is 11.6 Å². The number of carboxylic acid groups (broad SMARTS) is 1. The first-order chi connectivity index (χ1) is 18.4.